The quantitative estimate of drug-likeness (QED) is 0.435. The second kappa shape index (κ2) is 8.52. The van der Waals surface area contributed by atoms with Crippen molar-refractivity contribution in [2.45, 2.75) is 0 Å². The highest BCUT2D eigenvalue weighted by Gasteiger charge is 2.08. The maximum atomic E-state index is 5.89. The SMILES string of the molecule is CO/N=C/c1c(N)ncnc1Nc1ccc(Nc2ccc(OC)cc2)cc1. The van der Waals surface area contributed by atoms with Gasteiger partial charge in [-0.1, -0.05) is 5.16 Å². The standard InChI is InChI=1S/C19H20N6O2/c1-26-16-9-7-14(8-10-16)24-13-3-5-15(6-4-13)25-19-17(11-23-27-2)18(20)21-12-22-19/h3-12,24H,1-2H3,(H3,20,21,22,25)/b23-11+. The fourth-order valence-electron chi connectivity index (χ4n) is 2.36. The molecule has 8 heteroatoms. The number of hydrogen-bond donors (Lipinski definition) is 3. The van der Waals surface area contributed by atoms with Crippen LogP contribution in [0.15, 0.2) is 60.0 Å². The van der Waals surface area contributed by atoms with Gasteiger partial charge in [-0.3, -0.25) is 0 Å². The first-order valence-corrected chi connectivity index (χ1v) is 8.15. The lowest BCUT2D eigenvalue weighted by molar-refractivity contribution is 0.215. The van der Waals surface area contributed by atoms with Crippen molar-refractivity contribution >= 4 is 34.9 Å². The Morgan fingerprint density at radius 1 is 0.889 bits per heavy atom. The third-order valence-electron chi connectivity index (χ3n) is 3.73. The smallest absolute Gasteiger partial charge is 0.144 e. The molecule has 138 valence electrons. The van der Waals surface area contributed by atoms with E-state index in [9.17, 15) is 0 Å². The monoisotopic (exact) mass is 364 g/mol. The first kappa shape index (κ1) is 18.0. The lowest BCUT2D eigenvalue weighted by atomic mass is 10.2. The van der Waals surface area contributed by atoms with Gasteiger partial charge in [-0.05, 0) is 48.5 Å². The molecule has 0 radical (unpaired) electrons. The number of oxime groups is 1. The summed E-state index contributed by atoms with van der Waals surface area (Å²) in [7, 11) is 3.10. The maximum Gasteiger partial charge on any atom is 0.144 e. The van der Waals surface area contributed by atoms with Crippen molar-refractivity contribution < 1.29 is 9.57 Å². The molecular formula is C19H20N6O2. The molecule has 0 unspecified atom stereocenters. The molecule has 0 saturated carbocycles. The highest BCUT2D eigenvalue weighted by molar-refractivity contribution is 5.92. The Morgan fingerprint density at radius 2 is 1.48 bits per heavy atom. The molecule has 8 nitrogen and oxygen atoms in total. The summed E-state index contributed by atoms with van der Waals surface area (Å²) in [6, 6.07) is 15.5. The average Bonchev–Trinajstić information content (AvgIpc) is 2.70. The van der Waals surface area contributed by atoms with E-state index in [1.165, 1.54) is 19.7 Å². The minimum Gasteiger partial charge on any atom is -0.497 e. The van der Waals surface area contributed by atoms with Gasteiger partial charge in [0.15, 0.2) is 0 Å². The van der Waals surface area contributed by atoms with E-state index in [2.05, 4.69) is 25.8 Å². The molecule has 0 atom stereocenters. The Balaban J connectivity index is 1.72. The van der Waals surface area contributed by atoms with Crippen LogP contribution in [0, 0.1) is 0 Å². The minimum absolute atomic E-state index is 0.311. The summed E-state index contributed by atoms with van der Waals surface area (Å²) < 4.78 is 5.16. The minimum atomic E-state index is 0.311. The molecule has 0 saturated heterocycles. The third kappa shape index (κ3) is 4.63. The van der Waals surface area contributed by atoms with E-state index >= 15 is 0 Å². The average molecular weight is 364 g/mol. The Hall–Kier alpha value is -3.81. The van der Waals surface area contributed by atoms with Crippen LogP contribution in [0.1, 0.15) is 5.56 Å². The summed E-state index contributed by atoms with van der Waals surface area (Å²) in [6.07, 6.45) is 2.86. The first-order valence-electron chi connectivity index (χ1n) is 8.15. The Kier molecular flexibility index (Phi) is 5.68. The highest BCUT2D eigenvalue weighted by Crippen LogP contribution is 2.24. The molecule has 27 heavy (non-hydrogen) atoms. The zero-order valence-corrected chi connectivity index (χ0v) is 15.0. The van der Waals surface area contributed by atoms with Crippen molar-refractivity contribution in [3.05, 3.63) is 60.4 Å². The number of hydrogen-bond acceptors (Lipinski definition) is 8. The summed E-state index contributed by atoms with van der Waals surface area (Å²) in [4.78, 5) is 12.9. The van der Waals surface area contributed by atoms with Crippen LogP contribution in [0.2, 0.25) is 0 Å². The van der Waals surface area contributed by atoms with Crippen LogP contribution in [0.25, 0.3) is 0 Å². The van der Waals surface area contributed by atoms with Crippen molar-refractivity contribution in [2.75, 3.05) is 30.6 Å². The predicted molar refractivity (Wildman–Crippen MR) is 107 cm³/mol. The molecular weight excluding hydrogens is 344 g/mol. The van der Waals surface area contributed by atoms with Gasteiger partial charge >= 0.3 is 0 Å². The lowest BCUT2D eigenvalue weighted by Crippen LogP contribution is -2.05. The number of nitrogens with one attached hydrogen (secondary N) is 2. The number of methoxy groups -OCH3 is 1. The number of nitrogen functional groups attached to an aromatic ring is 1. The predicted octanol–water partition coefficient (Wildman–Crippen LogP) is 3.53. The van der Waals surface area contributed by atoms with E-state index in [1.807, 2.05) is 48.5 Å². The van der Waals surface area contributed by atoms with E-state index in [0.29, 0.717) is 17.2 Å². The van der Waals surface area contributed by atoms with Crippen LogP contribution in [-0.2, 0) is 4.84 Å². The largest absolute Gasteiger partial charge is 0.497 e. The van der Waals surface area contributed by atoms with Gasteiger partial charge in [-0.25, -0.2) is 9.97 Å². The Labute approximate surface area is 157 Å². The van der Waals surface area contributed by atoms with Gasteiger partial charge in [0.05, 0.1) is 18.9 Å². The molecule has 0 fully saturated rings. The van der Waals surface area contributed by atoms with Gasteiger partial charge in [0.2, 0.25) is 0 Å². The number of ether oxygens (including phenoxy) is 1. The summed E-state index contributed by atoms with van der Waals surface area (Å²) >= 11 is 0. The molecule has 0 aliphatic rings. The van der Waals surface area contributed by atoms with Gasteiger partial charge in [0, 0.05) is 17.1 Å². The summed E-state index contributed by atoms with van der Waals surface area (Å²) in [5.41, 5.74) is 9.22. The van der Waals surface area contributed by atoms with Gasteiger partial charge in [-0.2, -0.15) is 0 Å². The molecule has 3 aromatic rings. The molecule has 2 aromatic carbocycles. The van der Waals surface area contributed by atoms with Crippen LogP contribution in [0.4, 0.5) is 28.7 Å². The van der Waals surface area contributed by atoms with E-state index < -0.39 is 0 Å². The molecule has 4 N–H and O–H groups in total. The lowest BCUT2D eigenvalue weighted by Gasteiger charge is -2.11. The molecule has 1 heterocycles. The number of benzene rings is 2. The van der Waals surface area contributed by atoms with Crippen molar-refractivity contribution in [2.24, 2.45) is 5.16 Å². The number of nitrogens with two attached hydrogens (primary N) is 1. The number of rotatable bonds is 7. The fraction of sp³-hybridized carbons (Fsp3) is 0.105. The van der Waals surface area contributed by atoms with Crippen LogP contribution in [0.3, 0.4) is 0 Å². The number of anilines is 5. The molecule has 1 aromatic heterocycles. The second-order valence-electron chi connectivity index (χ2n) is 5.49. The van der Waals surface area contributed by atoms with Gasteiger partial charge in [-0.15, -0.1) is 0 Å². The molecule has 0 aliphatic carbocycles. The first-order chi connectivity index (χ1) is 13.2. The van der Waals surface area contributed by atoms with Gasteiger partial charge in [0.1, 0.15) is 30.8 Å². The fourth-order valence-corrected chi connectivity index (χ4v) is 2.36. The topological polar surface area (TPSA) is 107 Å². The number of nitrogens with zero attached hydrogens (tertiary/aromatic N) is 3. The van der Waals surface area contributed by atoms with Crippen molar-refractivity contribution in [3.8, 4) is 5.75 Å². The highest BCUT2D eigenvalue weighted by atomic mass is 16.6. The van der Waals surface area contributed by atoms with E-state index in [0.717, 1.165) is 22.8 Å². The van der Waals surface area contributed by atoms with Crippen molar-refractivity contribution in [1.82, 2.24) is 9.97 Å². The number of aromatic nitrogens is 2. The maximum absolute atomic E-state index is 5.89. The van der Waals surface area contributed by atoms with Crippen LogP contribution >= 0.6 is 0 Å². The molecule has 0 bridgehead atoms. The summed E-state index contributed by atoms with van der Waals surface area (Å²) in [5.74, 6) is 1.67. The zero-order chi connectivity index (χ0) is 19.1. The molecule has 3 rings (SSSR count). The van der Waals surface area contributed by atoms with Crippen molar-refractivity contribution in [3.63, 3.8) is 0 Å². The van der Waals surface area contributed by atoms with E-state index in [1.54, 1.807) is 7.11 Å². The Morgan fingerprint density at radius 3 is 2.07 bits per heavy atom. The Bertz CT molecular complexity index is 910. The van der Waals surface area contributed by atoms with Crippen LogP contribution in [-0.4, -0.2) is 30.4 Å². The third-order valence-corrected chi connectivity index (χ3v) is 3.73. The van der Waals surface area contributed by atoms with E-state index in [4.69, 9.17) is 15.3 Å². The van der Waals surface area contributed by atoms with Gasteiger partial charge in [0.25, 0.3) is 0 Å². The summed E-state index contributed by atoms with van der Waals surface area (Å²) in [5, 5.41) is 10.3. The summed E-state index contributed by atoms with van der Waals surface area (Å²) in [6.45, 7) is 0. The normalized spacial score (nSPS) is 10.6. The van der Waals surface area contributed by atoms with E-state index in [-0.39, 0.29) is 0 Å². The zero-order valence-electron chi connectivity index (χ0n) is 15.0. The molecule has 0 aliphatic heterocycles. The van der Waals surface area contributed by atoms with Crippen molar-refractivity contribution in [1.29, 1.82) is 0 Å². The molecule has 0 spiro atoms. The van der Waals surface area contributed by atoms with Gasteiger partial charge < -0.3 is 25.9 Å². The van der Waals surface area contributed by atoms with Crippen LogP contribution in [0.5, 0.6) is 5.75 Å². The van der Waals surface area contributed by atoms with Crippen LogP contribution < -0.4 is 21.1 Å². The second-order valence-corrected chi connectivity index (χ2v) is 5.49. The molecule has 0 amide bonds.